The molecule has 0 N–H and O–H groups in total. The predicted molar refractivity (Wildman–Crippen MR) is 64.8 cm³/mol. The van der Waals surface area contributed by atoms with Crippen LogP contribution in [0.3, 0.4) is 0 Å². The molecule has 0 heterocycles. The Balaban J connectivity index is -0.0000000771. The molecule has 0 unspecified atom stereocenters. The Morgan fingerprint density at radius 3 is 1.00 bits per heavy atom. The minimum Gasteiger partial charge on any atom is -1.00 e. The fourth-order valence-corrected chi connectivity index (χ4v) is 0.550. The summed E-state index contributed by atoms with van der Waals surface area (Å²) in [5, 5.41) is 10.0. The Morgan fingerprint density at radius 1 is 0.680 bits per heavy atom. The molecule has 144 valence electrons. The number of benzene rings is 1. The van der Waals surface area contributed by atoms with Crippen LogP contribution in [0.25, 0.3) is 0 Å². The fraction of sp³-hybridized carbons (Fsp3) is 0. The quantitative estimate of drug-likeness (QED) is 0.302. The molecule has 0 amide bonds. The van der Waals surface area contributed by atoms with Crippen molar-refractivity contribution in [2.75, 3.05) is 0 Å². The molecule has 1 aromatic rings. The first-order valence-corrected chi connectivity index (χ1v) is 5.12. The minimum atomic E-state index is -6.00. The van der Waals surface area contributed by atoms with Gasteiger partial charge < -0.3 is 53.2 Å². The summed E-state index contributed by atoms with van der Waals surface area (Å²) in [7, 11) is -18.0. The van der Waals surface area contributed by atoms with Gasteiger partial charge >= 0.3 is 73.1 Å². The van der Waals surface area contributed by atoms with Crippen molar-refractivity contribution in [1.82, 2.24) is 0 Å². The first-order chi connectivity index (χ1) is 10.3. The van der Waals surface area contributed by atoms with Crippen LogP contribution in [-0.2, 0) is 0 Å². The summed E-state index contributed by atoms with van der Waals surface area (Å²) >= 11 is 0. The van der Waals surface area contributed by atoms with Crippen LogP contribution in [0.2, 0.25) is 0 Å². The molecular formula is C6H6B3F12KNO2-3. The molecule has 0 atom stereocenters. The molecule has 0 aromatic heterocycles. The average Bonchev–Trinajstić information content (AvgIpc) is 2.23. The van der Waals surface area contributed by atoms with Gasteiger partial charge in [0.05, 0.1) is 4.92 Å². The van der Waals surface area contributed by atoms with Crippen molar-refractivity contribution in [2.24, 2.45) is 0 Å². The number of para-hydroxylation sites is 1. The first kappa shape index (κ1) is 32.3. The van der Waals surface area contributed by atoms with Gasteiger partial charge in [-0.1, -0.05) is 18.2 Å². The summed E-state index contributed by atoms with van der Waals surface area (Å²) in [4.78, 5) is 9.59. The van der Waals surface area contributed by atoms with E-state index >= 15 is 0 Å². The molecule has 0 fully saturated rings. The van der Waals surface area contributed by atoms with Gasteiger partial charge in [-0.25, -0.2) is 0 Å². The molecule has 0 spiro atoms. The van der Waals surface area contributed by atoms with Crippen molar-refractivity contribution < 1.29 is 110 Å². The maximum absolute atomic E-state index is 10.0. The average molecular weight is 424 g/mol. The van der Waals surface area contributed by atoms with E-state index in [9.17, 15) is 61.9 Å². The number of hydrogen-bond acceptors (Lipinski definition) is 2. The van der Waals surface area contributed by atoms with E-state index in [1.807, 2.05) is 0 Å². The largest absolute Gasteiger partial charge is 1.00 e. The van der Waals surface area contributed by atoms with Crippen molar-refractivity contribution in [2.45, 2.75) is 0 Å². The zero-order valence-electron chi connectivity index (χ0n) is 12.9. The van der Waals surface area contributed by atoms with E-state index in [1.54, 1.807) is 18.2 Å². The molecule has 0 bridgehead atoms. The molecule has 3 nitrogen and oxygen atoms in total. The number of nitrogens with zero attached hydrogens (tertiary/aromatic N) is 1. The van der Waals surface area contributed by atoms with Crippen molar-refractivity contribution in [3.63, 3.8) is 0 Å². The fourth-order valence-electron chi connectivity index (χ4n) is 0.550. The topological polar surface area (TPSA) is 43.1 Å². The second kappa shape index (κ2) is 14.7. The second-order valence-electron chi connectivity index (χ2n) is 3.08. The molecule has 25 heavy (non-hydrogen) atoms. The third-order valence-corrected chi connectivity index (χ3v) is 0.967. The van der Waals surface area contributed by atoms with Gasteiger partial charge in [0.2, 0.25) is 0 Å². The number of halogens is 12. The maximum atomic E-state index is 10.0. The van der Waals surface area contributed by atoms with Gasteiger partial charge in [0.15, 0.2) is 0 Å². The monoisotopic (exact) mass is 424 g/mol. The Labute approximate surface area is 176 Å². The van der Waals surface area contributed by atoms with E-state index in [2.05, 4.69) is 0 Å². The predicted octanol–water partition coefficient (Wildman–Crippen LogP) is 2.61. The SMILES string of the molecule is F[B-](F)(F)F.F[B-](F)(F)F.F[B-](F)(F)F.O=[N+]([O-])c1ccccc1.[H-].[K+]. The Kier molecular flexibility index (Phi) is 19.1. The summed E-state index contributed by atoms with van der Waals surface area (Å²) in [5.41, 5.74) is 0.137. The van der Waals surface area contributed by atoms with Crippen molar-refractivity contribution >= 4 is 27.5 Å². The van der Waals surface area contributed by atoms with Crippen LogP contribution in [-0.4, -0.2) is 26.7 Å². The zero-order chi connectivity index (χ0) is 20.2. The third-order valence-electron chi connectivity index (χ3n) is 0.967. The molecule has 0 saturated heterocycles. The van der Waals surface area contributed by atoms with Gasteiger partial charge in [0.1, 0.15) is 0 Å². The maximum Gasteiger partial charge on any atom is 1.00 e. The smallest absolute Gasteiger partial charge is 1.00 e. The summed E-state index contributed by atoms with van der Waals surface area (Å²) in [6, 6.07) is 7.93. The third kappa shape index (κ3) is 81.8. The summed E-state index contributed by atoms with van der Waals surface area (Å²) in [6.07, 6.45) is 0. The van der Waals surface area contributed by atoms with E-state index in [0.717, 1.165) is 0 Å². The summed E-state index contributed by atoms with van der Waals surface area (Å²) in [5.74, 6) is 0. The van der Waals surface area contributed by atoms with E-state index in [-0.39, 0.29) is 58.5 Å². The molecule has 0 aliphatic rings. The number of nitro benzene ring substituents is 1. The van der Waals surface area contributed by atoms with E-state index < -0.39 is 26.7 Å². The van der Waals surface area contributed by atoms with Gasteiger partial charge in [0.25, 0.3) is 5.69 Å². The molecule has 0 aliphatic heterocycles. The zero-order valence-corrected chi connectivity index (χ0v) is 15.0. The van der Waals surface area contributed by atoms with Crippen molar-refractivity contribution in [3.05, 3.63) is 40.4 Å². The van der Waals surface area contributed by atoms with Crippen molar-refractivity contribution in [3.8, 4) is 0 Å². The number of hydrogen-bond donors (Lipinski definition) is 0. The molecule has 0 aliphatic carbocycles. The van der Waals surface area contributed by atoms with Gasteiger partial charge in [-0.2, -0.15) is 0 Å². The van der Waals surface area contributed by atoms with E-state index in [0.29, 0.717) is 0 Å². The number of nitro groups is 1. The second-order valence-corrected chi connectivity index (χ2v) is 3.08. The molecule has 1 aromatic carbocycles. The van der Waals surface area contributed by atoms with E-state index in [1.165, 1.54) is 12.1 Å². The van der Waals surface area contributed by atoms with Crippen LogP contribution in [0, 0.1) is 10.1 Å². The Bertz CT molecular complexity index is 412. The molecule has 0 radical (unpaired) electrons. The van der Waals surface area contributed by atoms with Gasteiger partial charge in [-0.15, -0.1) is 0 Å². The van der Waals surface area contributed by atoms with Crippen LogP contribution in [0.4, 0.5) is 57.5 Å². The summed E-state index contributed by atoms with van der Waals surface area (Å²) in [6.45, 7) is 0. The van der Waals surface area contributed by atoms with Crippen molar-refractivity contribution in [1.29, 1.82) is 0 Å². The normalized spacial score (nSPS) is 10.4. The Morgan fingerprint density at radius 2 is 0.880 bits per heavy atom. The molecule has 19 heteroatoms. The van der Waals surface area contributed by atoms with Gasteiger partial charge in [-0.05, 0) is 0 Å². The standard InChI is InChI=1S/C6H5NO2.3BF4.K.H/c8-7(9)6-4-2-1-3-5-6;3*2-1(3,4)5;;/h1-5H;;;;;/q;3*-1;+1;-1. The van der Waals surface area contributed by atoms with E-state index in [4.69, 9.17) is 0 Å². The van der Waals surface area contributed by atoms with Gasteiger partial charge in [0, 0.05) is 12.1 Å². The van der Waals surface area contributed by atoms with Crippen LogP contribution >= 0.6 is 0 Å². The Hall–Kier alpha value is -0.389. The van der Waals surface area contributed by atoms with Crippen LogP contribution in [0.5, 0.6) is 0 Å². The molecular weight excluding hydrogens is 418 g/mol. The van der Waals surface area contributed by atoms with Crippen LogP contribution in [0.15, 0.2) is 30.3 Å². The molecule has 1 rings (SSSR count). The summed E-state index contributed by atoms with van der Waals surface area (Å²) < 4.78 is 117. The van der Waals surface area contributed by atoms with Crippen LogP contribution in [0.1, 0.15) is 1.43 Å². The number of rotatable bonds is 1. The number of non-ortho nitro benzene ring substituents is 1. The van der Waals surface area contributed by atoms with Crippen LogP contribution < -0.4 is 51.4 Å². The minimum absolute atomic E-state index is 0. The molecule has 0 saturated carbocycles. The van der Waals surface area contributed by atoms with Gasteiger partial charge in [-0.3, -0.25) is 10.1 Å². The first-order valence-electron chi connectivity index (χ1n) is 5.12.